The minimum absolute atomic E-state index is 0. The predicted molar refractivity (Wildman–Crippen MR) is 65.3 cm³/mol. The maximum absolute atomic E-state index is 11.0. The maximum Gasteiger partial charge on any atom is 1.00 e. The molecule has 0 fully saturated rings. The van der Waals surface area contributed by atoms with Gasteiger partial charge in [0.05, 0.1) is 0 Å². The van der Waals surface area contributed by atoms with Crippen LogP contribution < -0.4 is 29.6 Å². The number of rotatable bonds is 2. The molecule has 0 bridgehead atoms. The molecule has 0 aliphatic carbocycles. The van der Waals surface area contributed by atoms with Gasteiger partial charge in [-0.25, -0.2) is 8.42 Å². The Balaban J connectivity index is 0. The Bertz CT molecular complexity index is 491. The minimum atomic E-state index is -4.44. The molecule has 1 atom stereocenters. The molecule has 1 rings (SSSR count). The number of hydrogen-bond acceptors (Lipinski definition) is 3. The van der Waals surface area contributed by atoms with Crippen LogP contribution in [0.1, 0.15) is 12.5 Å². The summed E-state index contributed by atoms with van der Waals surface area (Å²) in [7, 11) is -3.62. The summed E-state index contributed by atoms with van der Waals surface area (Å²) in [5, 5.41) is 7.76. The molecule has 0 aliphatic rings. The molecule has 0 heterocycles. The van der Waals surface area contributed by atoms with E-state index in [1.54, 1.807) is 12.1 Å². The number of benzene rings is 1. The first kappa shape index (κ1) is 22.5. The Hall–Kier alpha value is 0.170. The van der Waals surface area contributed by atoms with Gasteiger partial charge in [0.25, 0.3) is 0 Å². The molecule has 0 saturated heterocycles. The van der Waals surface area contributed by atoms with Gasteiger partial charge >= 0.3 is 35.7 Å². The summed E-state index contributed by atoms with van der Waals surface area (Å²) in [6.07, 6.45) is -6.65. The number of hydrogen-bond donors (Lipinski definition) is 1. The summed E-state index contributed by atoms with van der Waals surface area (Å²) >= 11 is 4.90. The monoisotopic (exact) mass is 341 g/mol. The normalized spacial score (nSPS) is 12.8. The van der Waals surface area contributed by atoms with Gasteiger partial charge in [-0.1, -0.05) is 17.7 Å². The van der Waals surface area contributed by atoms with Crippen molar-refractivity contribution in [2.45, 2.75) is 31.0 Å². The van der Waals surface area contributed by atoms with E-state index in [9.17, 15) is 21.6 Å². The van der Waals surface area contributed by atoms with E-state index in [1.165, 1.54) is 12.1 Å². The number of alkyl halides is 3. The Morgan fingerprint density at radius 3 is 1.85 bits per heavy atom. The SMILES string of the molecule is CC(O)C(F)(F)F.Cc1ccc(S(=O)(=O)[N-]Cl)cc1.[Na+]. The molecule has 20 heavy (non-hydrogen) atoms. The fourth-order valence-corrected chi connectivity index (χ4v) is 1.55. The van der Waals surface area contributed by atoms with Crippen molar-refractivity contribution in [3.05, 3.63) is 34.1 Å². The molecule has 0 amide bonds. The average molecular weight is 342 g/mol. The van der Waals surface area contributed by atoms with E-state index >= 15 is 0 Å². The molecule has 0 aliphatic heterocycles. The first-order valence-corrected chi connectivity index (χ1v) is 6.68. The van der Waals surface area contributed by atoms with Crippen molar-refractivity contribution in [1.29, 1.82) is 0 Å². The fraction of sp³-hybridized carbons (Fsp3) is 0.400. The molecular formula is C10H12ClF3NNaO3S. The molecule has 4 nitrogen and oxygen atoms in total. The summed E-state index contributed by atoms with van der Waals surface area (Å²) in [4.78, 5) is 0.114. The Kier molecular flexibility index (Phi) is 10.4. The van der Waals surface area contributed by atoms with E-state index in [0.717, 1.165) is 5.56 Å². The molecule has 0 saturated carbocycles. The van der Waals surface area contributed by atoms with Crippen molar-refractivity contribution in [1.82, 2.24) is 0 Å². The van der Waals surface area contributed by atoms with Crippen molar-refractivity contribution in [2.75, 3.05) is 0 Å². The molecule has 10 heteroatoms. The fourth-order valence-electron chi connectivity index (χ4n) is 0.750. The van der Waals surface area contributed by atoms with Gasteiger partial charge < -0.3 is 9.35 Å². The Labute approximate surface area is 142 Å². The summed E-state index contributed by atoms with van der Waals surface area (Å²) in [5.74, 6) is 0. The number of nitrogens with zero attached hydrogens (tertiary/aromatic N) is 1. The first-order valence-electron chi connectivity index (χ1n) is 4.90. The standard InChI is InChI=1S/C7H7ClNO2S.C3H5F3O.Na/c1-6-2-4-7(5-3-6)12(10,11)9-8;1-2(7)3(4,5)6;/h2-5H,1H3;2,7H,1H3;/q-1;;+1. The van der Waals surface area contributed by atoms with Crippen LogP contribution in [-0.4, -0.2) is 25.8 Å². The number of halogens is 4. The maximum atomic E-state index is 11.0. The second-order valence-electron chi connectivity index (χ2n) is 3.57. The van der Waals surface area contributed by atoms with Crippen LogP contribution in [0.3, 0.4) is 0 Å². The zero-order chi connectivity index (χ0) is 15.3. The molecule has 1 aromatic rings. The average Bonchev–Trinajstić information content (AvgIpc) is 2.29. The second-order valence-corrected chi connectivity index (χ2v) is 5.55. The van der Waals surface area contributed by atoms with Crippen LogP contribution in [0.5, 0.6) is 0 Å². The van der Waals surface area contributed by atoms with E-state index in [2.05, 4.69) is 4.24 Å². The van der Waals surface area contributed by atoms with E-state index in [4.69, 9.17) is 16.9 Å². The predicted octanol–water partition coefficient (Wildman–Crippen LogP) is 0.145. The van der Waals surface area contributed by atoms with Crippen molar-refractivity contribution in [3.8, 4) is 0 Å². The Morgan fingerprint density at radius 1 is 1.25 bits per heavy atom. The minimum Gasteiger partial charge on any atom is -0.458 e. The van der Waals surface area contributed by atoms with Crippen LogP contribution in [-0.2, 0) is 10.0 Å². The van der Waals surface area contributed by atoms with Crippen LogP contribution in [0, 0.1) is 6.92 Å². The van der Waals surface area contributed by atoms with Crippen LogP contribution >= 0.6 is 11.8 Å². The van der Waals surface area contributed by atoms with Gasteiger partial charge in [0.2, 0.25) is 0 Å². The number of aliphatic hydroxyl groups excluding tert-OH is 1. The Morgan fingerprint density at radius 2 is 1.60 bits per heavy atom. The van der Waals surface area contributed by atoms with Crippen molar-refractivity contribution in [3.63, 3.8) is 0 Å². The molecule has 0 aromatic heterocycles. The summed E-state index contributed by atoms with van der Waals surface area (Å²) in [6, 6.07) is 6.32. The van der Waals surface area contributed by atoms with Crippen LogP contribution in [0.4, 0.5) is 13.2 Å². The van der Waals surface area contributed by atoms with Gasteiger partial charge in [0, 0.05) is 4.90 Å². The topological polar surface area (TPSA) is 68.5 Å². The molecule has 1 aromatic carbocycles. The van der Waals surface area contributed by atoms with Gasteiger partial charge in [-0.15, -0.1) is 0 Å². The van der Waals surface area contributed by atoms with Crippen LogP contribution in [0.25, 0.3) is 4.24 Å². The third kappa shape index (κ3) is 8.46. The van der Waals surface area contributed by atoms with Gasteiger partial charge in [0.1, 0.15) is 16.1 Å². The summed E-state index contributed by atoms with van der Waals surface area (Å²) < 4.78 is 57.6. The molecule has 1 unspecified atom stereocenters. The van der Waals surface area contributed by atoms with Crippen molar-refractivity contribution in [2.24, 2.45) is 0 Å². The second kappa shape index (κ2) is 9.24. The van der Waals surface area contributed by atoms with Gasteiger partial charge in [-0.05, 0) is 26.0 Å². The van der Waals surface area contributed by atoms with E-state index in [1.807, 2.05) is 6.92 Å². The van der Waals surface area contributed by atoms with E-state index in [-0.39, 0.29) is 34.5 Å². The van der Waals surface area contributed by atoms with Crippen molar-refractivity contribution >= 4 is 21.8 Å². The summed E-state index contributed by atoms with van der Waals surface area (Å²) in [5.41, 5.74) is 0.989. The van der Waals surface area contributed by atoms with Crippen molar-refractivity contribution < 1.29 is 56.3 Å². The van der Waals surface area contributed by atoms with Crippen LogP contribution in [0.2, 0.25) is 0 Å². The van der Waals surface area contributed by atoms with E-state index < -0.39 is 22.3 Å². The first-order chi connectivity index (χ1) is 8.50. The molecule has 0 spiro atoms. The molecule has 1 N–H and O–H groups in total. The number of sulfonamides is 1. The van der Waals surface area contributed by atoms with E-state index in [0.29, 0.717) is 6.92 Å². The molecular weight excluding hydrogens is 330 g/mol. The molecule has 0 radical (unpaired) electrons. The zero-order valence-corrected chi connectivity index (χ0v) is 14.6. The third-order valence-electron chi connectivity index (χ3n) is 1.88. The smallest absolute Gasteiger partial charge is 0.458 e. The van der Waals surface area contributed by atoms with Gasteiger partial charge in [-0.2, -0.15) is 13.2 Å². The number of aliphatic hydroxyl groups is 1. The van der Waals surface area contributed by atoms with Crippen LogP contribution in [0.15, 0.2) is 29.2 Å². The largest absolute Gasteiger partial charge is 1.00 e. The quantitative estimate of drug-likeness (QED) is 0.778. The zero-order valence-electron chi connectivity index (χ0n) is 11.0. The third-order valence-corrected chi connectivity index (χ3v) is 3.48. The van der Waals surface area contributed by atoms with Gasteiger partial charge in [0.15, 0.2) is 0 Å². The number of aryl methyl sites for hydroxylation is 1. The summed E-state index contributed by atoms with van der Waals surface area (Å²) in [6.45, 7) is 2.55. The molecule has 110 valence electrons. The van der Waals surface area contributed by atoms with Gasteiger partial charge in [-0.3, -0.25) is 11.8 Å².